The number of likely N-dealkylation sites (N-methyl/N-ethyl adjacent to an activating group) is 1. The topological polar surface area (TPSA) is 76.2 Å². The highest BCUT2D eigenvalue weighted by molar-refractivity contribution is 9.10. The lowest BCUT2D eigenvalue weighted by Gasteiger charge is -2.16. The van der Waals surface area contributed by atoms with Crippen LogP contribution in [0, 0.1) is 5.82 Å². The van der Waals surface area contributed by atoms with E-state index in [1.165, 1.54) is 7.05 Å². The number of hydrogen-bond acceptors (Lipinski definition) is 5. The fourth-order valence-corrected chi connectivity index (χ4v) is 2.64. The van der Waals surface area contributed by atoms with Crippen LogP contribution in [-0.2, 0) is 9.53 Å². The molecule has 0 unspecified atom stereocenters. The summed E-state index contributed by atoms with van der Waals surface area (Å²) < 4.78 is 23.7. The third kappa shape index (κ3) is 2.99. The Bertz CT molecular complexity index is 773. The molecule has 1 fully saturated rings. The maximum absolute atomic E-state index is 14.3. The molecule has 0 aliphatic carbocycles. The number of rotatable bonds is 2. The molecule has 1 aromatic rings. The van der Waals surface area contributed by atoms with Crippen molar-refractivity contribution in [2.75, 3.05) is 19.1 Å². The first-order valence-corrected chi connectivity index (χ1v) is 7.52. The number of imide groups is 1. The molecule has 1 aliphatic rings. The molecule has 128 valence electrons. The lowest BCUT2D eigenvalue weighted by molar-refractivity contribution is -0.114. The van der Waals surface area contributed by atoms with E-state index in [-0.39, 0.29) is 21.6 Å². The van der Waals surface area contributed by atoms with Gasteiger partial charge in [0, 0.05) is 13.1 Å². The van der Waals surface area contributed by atoms with Crippen LogP contribution in [0.25, 0.3) is 0 Å². The molecule has 2 rings (SSSR count). The lowest BCUT2D eigenvalue weighted by Crippen LogP contribution is -2.32. The molecular formula is C15H14BrFN2O5. The van der Waals surface area contributed by atoms with Crippen LogP contribution in [-0.4, -0.2) is 37.2 Å². The van der Waals surface area contributed by atoms with Crippen LogP contribution in [0.1, 0.15) is 13.8 Å². The molecule has 0 aromatic heterocycles. The summed E-state index contributed by atoms with van der Waals surface area (Å²) in [6.07, 6.45) is -1.02. The summed E-state index contributed by atoms with van der Waals surface area (Å²) in [5, 5.41) is 0. The largest absolute Gasteiger partial charge is 0.513 e. The summed E-state index contributed by atoms with van der Waals surface area (Å²) in [6.45, 7) is 3.34. The van der Waals surface area contributed by atoms with Gasteiger partial charge in [-0.1, -0.05) is 0 Å². The van der Waals surface area contributed by atoms with Crippen LogP contribution in [0.2, 0.25) is 0 Å². The third-order valence-electron chi connectivity index (χ3n) is 3.30. The fraction of sp³-hybridized carbons (Fsp3) is 0.267. The number of halogens is 2. The number of carbonyl (C=O) groups excluding carboxylic acids is 3. The molecule has 1 aromatic carbocycles. The van der Waals surface area contributed by atoms with Crippen LogP contribution >= 0.6 is 15.9 Å². The third-order valence-corrected chi connectivity index (χ3v) is 3.91. The quantitative estimate of drug-likeness (QED) is 0.329. The standard InChI is InChI=1S/C15H14BrFN2O5/c1-7(2)12-13(20)19(14(21)18(12)3)10-6-11(24-15(22)23-4)8(16)5-9(10)17/h5-6H,1-4H3. The van der Waals surface area contributed by atoms with E-state index in [1.807, 2.05) is 0 Å². The number of carbonyl (C=O) groups is 3. The van der Waals surface area contributed by atoms with Crippen LogP contribution in [0.3, 0.4) is 0 Å². The van der Waals surface area contributed by atoms with Crippen molar-refractivity contribution in [1.82, 2.24) is 4.90 Å². The number of benzene rings is 1. The van der Waals surface area contributed by atoms with E-state index >= 15 is 0 Å². The van der Waals surface area contributed by atoms with Crippen molar-refractivity contribution in [3.63, 3.8) is 0 Å². The van der Waals surface area contributed by atoms with E-state index in [9.17, 15) is 18.8 Å². The van der Waals surface area contributed by atoms with Gasteiger partial charge < -0.3 is 9.47 Å². The number of nitrogens with zero attached hydrogens (tertiary/aromatic N) is 2. The lowest BCUT2D eigenvalue weighted by atomic mass is 10.2. The molecule has 3 amide bonds. The van der Waals surface area contributed by atoms with Gasteiger partial charge in [0.1, 0.15) is 11.5 Å². The predicted octanol–water partition coefficient (Wildman–Crippen LogP) is 3.43. The normalized spacial score (nSPS) is 14.3. The fourth-order valence-electron chi connectivity index (χ4n) is 2.24. The number of allylic oxidation sites excluding steroid dienone is 1. The second-order valence-electron chi connectivity index (χ2n) is 5.12. The van der Waals surface area contributed by atoms with E-state index in [0.29, 0.717) is 10.5 Å². The van der Waals surface area contributed by atoms with Gasteiger partial charge in [-0.2, -0.15) is 0 Å². The Morgan fingerprint density at radius 3 is 2.38 bits per heavy atom. The Hall–Kier alpha value is -2.42. The molecular weight excluding hydrogens is 387 g/mol. The Labute approximate surface area is 145 Å². The van der Waals surface area contributed by atoms with Gasteiger partial charge in [-0.15, -0.1) is 0 Å². The Morgan fingerprint density at radius 1 is 1.25 bits per heavy atom. The van der Waals surface area contributed by atoms with E-state index in [2.05, 4.69) is 20.7 Å². The van der Waals surface area contributed by atoms with Crippen LogP contribution in [0.4, 0.5) is 19.7 Å². The molecule has 1 aliphatic heterocycles. The van der Waals surface area contributed by atoms with Gasteiger partial charge >= 0.3 is 12.2 Å². The van der Waals surface area contributed by atoms with E-state index in [0.717, 1.165) is 24.1 Å². The highest BCUT2D eigenvalue weighted by atomic mass is 79.9. The molecule has 9 heteroatoms. The smallest absolute Gasteiger partial charge is 0.437 e. The van der Waals surface area contributed by atoms with Gasteiger partial charge in [-0.05, 0) is 41.4 Å². The summed E-state index contributed by atoms with van der Waals surface area (Å²) in [4.78, 5) is 37.9. The molecule has 0 spiro atoms. The molecule has 0 atom stereocenters. The highest BCUT2D eigenvalue weighted by Gasteiger charge is 2.42. The van der Waals surface area contributed by atoms with Crippen molar-refractivity contribution >= 4 is 39.7 Å². The molecule has 7 nitrogen and oxygen atoms in total. The zero-order valence-electron chi connectivity index (χ0n) is 13.3. The van der Waals surface area contributed by atoms with Gasteiger partial charge in [0.2, 0.25) is 0 Å². The van der Waals surface area contributed by atoms with Crippen molar-refractivity contribution in [1.29, 1.82) is 0 Å². The minimum absolute atomic E-state index is 0.0906. The number of anilines is 1. The minimum Gasteiger partial charge on any atom is -0.437 e. The van der Waals surface area contributed by atoms with Gasteiger partial charge in [0.05, 0.1) is 17.3 Å². The van der Waals surface area contributed by atoms with Gasteiger partial charge in [-0.3, -0.25) is 9.69 Å². The Morgan fingerprint density at radius 2 is 1.88 bits per heavy atom. The maximum atomic E-state index is 14.3. The van der Waals surface area contributed by atoms with E-state index < -0.39 is 23.9 Å². The minimum atomic E-state index is -1.02. The first-order chi connectivity index (χ1) is 11.2. The van der Waals surface area contributed by atoms with E-state index in [4.69, 9.17) is 4.74 Å². The molecule has 0 bridgehead atoms. The number of urea groups is 1. The second kappa shape index (κ2) is 6.60. The van der Waals surface area contributed by atoms with Crippen molar-refractivity contribution in [2.24, 2.45) is 0 Å². The van der Waals surface area contributed by atoms with Crippen LogP contribution < -0.4 is 9.64 Å². The summed E-state index contributed by atoms with van der Waals surface area (Å²) in [7, 11) is 2.54. The SMILES string of the molecule is COC(=O)Oc1cc(N2C(=O)C(=C(C)C)N(C)C2=O)c(F)cc1Br. The van der Waals surface area contributed by atoms with Crippen LogP contribution in [0.5, 0.6) is 5.75 Å². The Balaban J connectivity index is 2.54. The summed E-state index contributed by atoms with van der Waals surface area (Å²) >= 11 is 3.04. The number of methoxy groups -OCH3 is 1. The first-order valence-electron chi connectivity index (χ1n) is 6.73. The zero-order valence-corrected chi connectivity index (χ0v) is 14.9. The van der Waals surface area contributed by atoms with Gasteiger partial charge in [0.25, 0.3) is 5.91 Å². The molecule has 1 saturated heterocycles. The molecule has 0 N–H and O–H groups in total. The van der Waals surface area contributed by atoms with Crippen molar-refractivity contribution in [3.05, 3.63) is 33.7 Å². The van der Waals surface area contributed by atoms with Gasteiger partial charge in [0.15, 0.2) is 5.75 Å². The summed E-state index contributed by atoms with van der Waals surface area (Å²) in [5.41, 5.74) is 0.454. The second-order valence-corrected chi connectivity index (χ2v) is 5.98. The van der Waals surface area contributed by atoms with Gasteiger partial charge in [-0.25, -0.2) is 18.9 Å². The summed E-state index contributed by atoms with van der Waals surface area (Å²) in [6, 6.07) is 1.37. The Kier molecular flexibility index (Phi) is 4.93. The average Bonchev–Trinajstić information content (AvgIpc) is 2.72. The number of amides is 3. The zero-order chi connectivity index (χ0) is 18.2. The van der Waals surface area contributed by atoms with Crippen molar-refractivity contribution in [3.8, 4) is 5.75 Å². The van der Waals surface area contributed by atoms with Crippen molar-refractivity contribution < 1.29 is 28.2 Å². The molecule has 24 heavy (non-hydrogen) atoms. The number of ether oxygens (including phenoxy) is 2. The average molecular weight is 401 g/mol. The molecule has 1 heterocycles. The number of hydrogen-bond donors (Lipinski definition) is 0. The highest BCUT2D eigenvalue weighted by Crippen LogP contribution is 2.36. The predicted molar refractivity (Wildman–Crippen MR) is 86.2 cm³/mol. The van der Waals surface area contributed by atoms with Crippen molar-refractivity contribution in [2.45, 2.75) is 13.8 Å². The molecule has 0 radical (unpaired) electrons. The van der Waals surface area contributed by atoms with Crippen LogP contribution in [0.15, 0.2) is 27.9 Å². The monoisotopic (exact) mass is 400 g/mol. The van der Waals surface area contributed by atoms with E-state index in [1.54, 1.807) is 13.8 Å². The molecule has 0 saturated carbocycles. The maximum Gasteiger partial charge on any atom is 0.513 e. The first kappa shape index (κ1) is 17.9. The summed E-state index contributed by atoms with van der Waals surface area (Å²) in [5.74, 6) is -1.58.